The van der Waals surface area contributed by atoms with Crippen molar-refractivity contribution in [1.82, 2.24) is 36.7 Å². The zero-order valence-electron chi connectivity index (χ0n) is 21.6. The Morgan fingerprint density at radius 3 is 2.52 bits per heavy atom. The van der Waals surface area contributed by atoms with Crippen molar-refractivity contribution in [1.29, 1.82) is 5.26 Å². The summed E-state index contributed by atoms with van der Waals surface area (Å²) in [5.74, 6) is -2.93. The Kier molecular flexibility index (Phi) is 8.49. The van der Waals surface area contributed by atoms with Gasteiger partial charge in [0.25, 0.3) is 11.8 Å². The summed E-state index contributed by atoms with van der Waals surface area (Å²) in [7, 11) is 1.09. The van der Waals surface area contributed by atoms with Crippen molar-refractivity contribution in [2.45, 2.75) is 19.6 Å². The first-order chi connectivity index (χ1) is 19.9. The predicted octanol–water partition coefficient (Wildman–Crippen LogP) is 2.66. The molecule has 1 aliphatic heterocycles. The van der Waals surface area contributed by atoms with Crippen molar-refractivity contribution >= 4 is 41.0 Å². The lowest BCUT2D eigenvalue weighted by molar-refractivity contribution is -0.0634. The molecule has 2 heterocycles. The van der Waals surface area contributed by atoms with Gasteiger partial charge in [-0.3, -0.25) is 20.4 Å². The molecule has 0 atom stereocenters. The van der Waals surface area contributed by atoms with Gasteiger partial charge in [0.2, 0.25) is 5.84 Å². The van der Waals surface area contributed by atoms with Crippen molar-refractivity contribution in [3.8, 4) is 11.8 Å². The molecule has 42 heavy (non-hydrogen) atoms. The SMILES string of the molecule is COC(=O)NNC(=O)c1cc(C#N)cc(C)c1NC(=O)c1cc(CN2NN=C(C(F)(F)F)N2)nn1-c1ccccc1Cl. The molecule has 4 rings (SSSR count). The molecule has 0 bridgehead atoms. The van der Waals surface area contributed by atoms with E-state index in [1.165, 1.54) is 22.9 Å². The molecule has 18 heteroatoms. The van der Waals surface area contributed by atoms with Gasteiger partial charge in [0.15, 0.2) is 0 Å². The Labute approximate surface area is 240 Å². The summed E-state index contributed by atoms with van der Waals surface area (Å²) in [6.07, 6.45) is -5.69. The molecule has 0 aliphatic carbocycles. The number of halogens is 4. The molecule has 0 unspecified atom stereocenters. The maximum Gasteiger partial charge on any atom is 0.452 e. The second kappa shape index (κ2) is 12.0. The van der Waals surface area contributed by atoms with E-state index in [1.54, 1.807) is 31.2 Å². The highest BCUT2D eigenvalue weighted by Crippen LogP contribution is 2.26. The lowest BCUT2D eigenvalue weighted by Crippen LogP contribution is -2.44. The molecule has 14 nitrogen and oxygen atoms in total. The molecular weight excluding hydrogens is 585 g/mol. The molecule has 3 amide bonds. The van der Waals surface area contributed by atoms with Crippen LogP contribution < -0.4 is 27.1 Å². The van der Waals surface area contributed by atoms with Gasteiger partial charge in [-0.2, -0.15) is 23.5 Å². The number of carbonyl (C=O) groups excluding carboxylic acids is 3. The summed E-state index contributed by atoms with van der Waals surface area (Å²) >= 11 is 6.34. The van der Waals surface area contributed by atoms with E-state index in [1.807, 2.05) is 11.5 Å². The number of carbonyl (C=O) groups is 3. The maximum absolute atomic E-state index is 13.6. The number of ether oxygens (including phenoxy) is 1. The number of anilines is 1. The van der Waals surface area contributed by atoms with Crippen LogP contribution in [0.4, 0.5) is 23.7 Å². The summed E-state index contributed by atoms with van der Waals surface area (Å²) in [6, 6.07) is 12.3. The maximum atomic E-state index is 13.6. The van der Waals surface area contributed by atoms with Crippen LogP contribution in [0.1, 0.15) is 37.7 Å². The first-order valence-electron chi connectivity index (χ1n) is 11.7. The molecule has 0 fully saturated rings. The second-order valence-corrected chi connectivity index (χ2v) is 8.90. The van der Waals surface area contributed by atoms with E-state index in [0.717, 1.165) is 12.2 Å². The van der Waals surface area contributed by atoms with E-state index in [-0.39, 0.29) is 45.5 Å². The van der Waals surface area contributed by atoms with E-state index >= 15 is 0 Å². The second-order valence-electron chi connectivity index (χ2n) is 8.49. The number of para-hydroxylation sites is 1. The van der Waals surface area contributed by atoms with Crippen molar-refractivity contribution < 1.29 is 32.3 Å². The Morgan fingerprint density at radius 2 is 1.88 bits per heavy atom. The molecule has 2 aromatic carbocycles. The van der Waals surface area contributed by atoms with Crippen LogP contribution in [-0.4, -0.2) is 51.9 Å². The van der Waals surface area contributed by atoms with Crippen molar-refractivity contribution in [3.63, 3.8) is 0 Å². The van der Waals surface area contributed by atoms with Gasteiger partial charge in [0.05, 0.1) is 52.9 Å². The topological polar surface area (TPSA) is 178 Å². The average molecular weight is 605 g/mol. The van der Waals surface area contributed by atoms with E-state index in [4.69, 9.17) is 11.6 Å². The standard InChI is InChI=1S/C24H20ClF3N10O4/c1-12-7-13(10-29)8-15(20(39)31-33-23(41)42-2)19(12)30-21(40)18-9-14(11-37-35-22(32-36-37)24(26,27)28)34-38(18)17-6-4-3-5-16(17)25/h3-9,36H,11H2,1-2H3,(H,30,40)(H,31,39)(H,32,35)(H,33,41). The first-order valence-corrected chi connectivity index (χ1v) is 12.1. The lowest BCUT2D eigenvalue weighted by atomic mass is 10.0. The molecule has 3 aromatic rings. The number of hydrogen-bond acceptors (Lipinski definition) is 10. The van der Waals surface area contributed by atoms with Gasteiger partial charge < -0.3 is 10.1 Å². The van der Waals surface area contributed by atoms with Gasteiger partial charge >= 0.3 is 12.3 Å². The van der Waals surface area contributed by atoms with Gasteiger partial charge in [-0.1, -0.05) is 23.7 Å². The van der Waals surface area contributed by atoms with Gasteiger partial charge in [-0.15, -0.1) is 10.2 Å². The largest absolute Gasteiger partial charge is 0.452 e. The molecule has 1 aliphatic rings. The van der Waals surface area contributed by atoms with Gasteiger partial charge in [-0.05, 0) is 42.8 Å². The number of nitriles is 1. The lowest BCUT2D eigenvalue weighted by Gasteiger charge is -2.15. The highest BCUT2D eigenvalue weighted by molar-refractivity contribution is 6.32. The fraction of sp³-hybridized carbons (Fsp3) is 0.167. The molecule has 5 N–H and O–H groups in total. The Hall–Kier alpha value is -5.34. The summed E-state index contributed by atoms with van der Waals surface area (Å²) in [6.45, 7) is 1.27. The number of amides is 3. The summed E-state index contributed by atoms with van der Waals surface area (Å²) in [5, 5.41) is 20.7. The van der Waals surface area contributed by atoms with E-state index in [9.17, 15) is 32.8 Å². The van der Waals surface area contributed by atoms with Crippen LogP contribution in [0.5, 0.6) is 0 Å². The number of alkyl halides is 3. The number of hydrogen-bond donors (Lipinski definition) is 5. The van der Waals surface area contributed by atoms with Crippen LogP contribution in [0.25, 0.3) is 5.69 Å². The van der Waals surface area contributed by atoms with Crippen LogP contribution in [-0.2, 0) is 11.3 Å². The van der Waals surface area contributed by atoms with Crippen LogP contribution >= 0.6 is 11.6 Å². The summed E-state index contributed by atoms with van der Waals surface area (Å²) in [5.41, 5.74) is 8.93. The highest BCUT2D eigenvalue weighted by atomic mass is 35.5. The van der Waals surface area contributed by atoms with E-state index in [0.29, 0.717) is 5.56 Å². The van der Waals surface area contributed by atoms with Gasteiger partial charge in [0.1, 0.15) is 5.69 Å². The van der Waals surface area contributed by atoms with Crippen LogP contribution in [0.2, 0.25) is 5.02 Å². The number of benzene rings is 2. The summed E-state index contributed by atoms with van der Waals surface area (Å²) in [4.78, 5) is 37.9. The first kappa shape index (κ1) is 29.6. The van der Waals surface area contributed by atoms with Gasteiger partial charge in [-0.25, -0.2) is 20.4 Å². The third-order valence-electron chi connectivity index (χ3n) is 5.60. The Bertz CT molecular complexity index is 1630. The number of rotatable bonds is 6. The Balaban J connectivity index is 1.68. The number of amidine groups is 1. The van der Waals surface area contributed by atoms with Crippen LogP contribution in [0.15, 0.2) is 47.6 Å². The monoisotopic (exact) mass is 604 g/mol. The number of aromatic nitrogens is 2. The number of nitrogens with one attached hydrogen (secondary N) is 5. The number of hydrazine groups is 3. The fourth-order valence-corrected chi connectivity index (χ4v) is 3.94. The molecule has 0 radical (unpaired) electrons. The third-order valence-corrected chi connectivity index (χ3v) is 5.92. The number of aryl methyl sites for hydroxylation is 1. The minimum absolute atomic E-state index is 0.00252. The fourth-order valence-electron chi connectivity index (χ4n) is 3.73. The van der Waals surface area contributed by atoms with Crippen molar-refractivity contribution in [2.24, 2.45) is 5.10 Å². The zero-order valence-corrected chi connectivity index (χ0v) is 22.4. The average Bonchev–Trinajstić information content (AvgIpc) is 3.60. The number of hydrazone groups is 1. The molecule has 218 valence electrons. The smallest absolute Gasteiger partial charge is 0.452 e. The zero-order chi connectivity index (χ0) is 30.6. The molecule has 0 saturated heterocycles. The molecule has 0 saturated carbocycles. The van der Waals surface area contributed by atoms with E-state index in [2.05, 4.69) is 36.6 Å². The summed E-state index contributed by atoms with van der Waals surface area (Å²) < 4.78 is 44.5. The Morgan fingerprint density at radius 1 is 1.14 bits per heavy atom. The van der Waals surface area contributed by atoms with Crippen molar-refractivity contribution in [3.05, 3.63) is 75.6 Å². The van der Waals surface area contributed by atoms with Crippen molar-refractivity contribution in [2.75, 3.05) is 12.4 Å². The number of methoxy groups -OCH3 is 1. The van der Waals surface area contributed by atoms with E-state index < -0.39 is 29.9 Å². The molecular formula is C24H20ClF3N10O4. The minimum atomic E-state index is -4.72. The highest BCUT2D eigenvalue weighted by Gasteiger charge is 2.40. The van der Waals surface area contributed by atoms with Crippen LogP contribution in [0.3, 0.4) is 0 Å². The predicted molar refractivity (Wildman–Crippen MR) is 141 cm³/mol. The third kappa shape index (κ3) is 6.51. The normalized spacial score (nSPS) is 12.8. The molecule has 0 spiro atoms. The minimum Gasteiger partial charge on any atom is -0.452 e. The van der Waals surface area contributed by atoms with Gasteiger partial charge in [0, 0.05) is 0 Å². The molecule has 1 aromatic heterocycles. The quantitative estimate of drug-likeness (QED) is 0.265. The van der Waals surface area contributed by atoms with Crippen LogP contribution in [0, 0.1) is 18.3 Å². The number of nitrogens with zero attached hydrogens (tertiary/aromatic N) is 5.